The lowest BCUT2D eigenvalue weighted by Gasteiger charge is -2.05. The van der Waals surface area contributed by atoms with Crippen molar-refractivity contribution in [2.24, 2.45) is 0 Å². The molecule has 0 radical (unpaired) electrons. The Morgan fingerprint density at radius 1 is 1.47 bits per heavy atom. The second-order valence-corrected chi connectivity index (χ2v) is 4.33. The minimum atomic E-state index is 0.644. The van der Waals surface area contributed by atoms with E-state index < -0.39 is 0 Å². The normalized spacial score (nSPS) is 21.3. The molecule has 1 atom stereocenters. The maximum atomic E-state index is 4.41. The van der Waals surface area contributed by atoms with Gasteiger partial charge in [-0.1, -0.05) is 6.07 Å². The third-order valence-corrected chi connectivity index (χ3v) is 3.19. The lowest BCUT2D eigenvalue weighted by atomic mass is 10.00. The van der Waals surface area contributed by atoms with Crippen molar-refractivity contribution < 1.29 is 0 Å². The molecule has 0 spiro atoms. The molecule has 1 aliphatic rings. The predicted octanol–water partition coefficient (Wildman–Crippen LogP) is 1.72. The molecule has 1 N–H and O–H groups in total. The molecule has 1 aliphatic heterocycles. The molecule has 0 aliphatic carbocycles. The fourth-order valence-electron chi connectivity index (χ4n) is 2.34. The molecule has 0 bridgehead atoms. The molecular weight excluding hydrogens is 186 g/mol. The van der Waals surface area contributed by atoms with E-state index in [-0.39, 0.29) is 0 Å². The van der Waals surface area contributed by atoms with E-state index >= 15 is 0 Å². The van der Waals surface area contributed by atoms with Crippen molar-refractivity contribution in [2.75, 3.05) is 13.1 Å². The van der Waals surface area contributed by atoms with Crippen LogP contribution in [0.15, 0.2) is 24.5 Å². The van der Waals surface area contributed by atoms with Crippen LogP contribution in [-0.2, 0) is 0 Å². The Morgan fingerprint density at radius 3 is 3.20 bits per heavy atom. The van der Waals surface area contributed by atoms with Crippen LogP contribution in [0.25, 0.3) is 5.52 Å². The second kappa shape index (κ2) is 3.35. The monoisotopic (exact) mass is 201 g/mol. The average molecular weight is 201 g/mol. The zero-order chi connectivity index (χ0) is 10.3. The van der Waals surface area contributed by atoms with Crippen LogP contribution in [0.3, 0.4) is 0 Å². The first-order valence-electron chi connectivity index (χ1n) is 5.49. The van der Waals surface area contributed by atoms with Crippen LogP contribution < -0.4 is 5.32 Å². The van der Waals surface area contributed by atoms with Gasteiger partial charge in [0.25, 0.3) is 0 Å². The van der Waals surface area contributed by atoms with Gasteiger partial charge in [0.2, 0.25) is 0 Å². The summed E-state index contributed by atoms with van der Waals surface area (Å²) in [6.07, 6.45) is 5.34. The highest BCUT2D eigenvalue weighted by molar-refractivity contribution is 5.56. The summed E-state index contributed by atoms with van der Waals surface area (Å²) in [7, 11) is 0. The van der Waals surface area contributed by atoms with Gasteiger partial charge in [-0.3, -0.25) is 0 Å². The number of nitrogens with one attached hydrogen (secondary N) is 1. The molecule has 3 heteroatoms. The van der Waals surface area contributed by atoms with Crippen LogP contribution in [0.4, 0.5) is 0 Å². The van der Waals surface area contributed by atoms with Crippen molar-refractivity contribution in [1.29, 1.82) is 0 Å². The summed E-state index contributed by atoms with van der Waals surface area (Å²) in [5, 5.41) is 7.81. The van der Waals surface area contributed by atoms with Gasteiger partial charge in [0.05, 0.1) is 11.7 Å². The van der Waals surface area contributed by atoms with Gasteiger partial charge in [0.15, 0.2) is 0 Å². The minimum Gasteiger partial charge on any atom is -0.316 e. The summed E-state index contributed by atoms with van der Waals surface area (Å²) in [6, 6.07) is 4.33. The molecule has 3 heterocycles. The first-order valence-corrected chi connectivity index (χ1v) is 5.49. The van der Waals surface area contributed by atoms with E-state index in [0.717, 1.165) is 13.1 Å². The quantitative estimate of drug-likeness (QED) is 0.761. The van der Waals surface area contributed by atoms with Crippen molar-refractivity contribution in [3.8, 4) is 0 Å². The Hall–Kier alpha value is -1.35. The van der Waals surface area contributed by atoms with Crippen LogP contribution in [-0.4, -0.2) is 22.7 Å². The van der Waals surface area contributed by atoms with E-state index in [1.807, 2.05) is 10.7 Å². The van der Waals surface area contributed by atoms with E-state index in [0.29, 0.717) is 5.92 Å². The van der Waals surface area contributed by atoms with Gasteiger partial charge in [-0.25, -0.2) is 4.52 Å². The van der Waals surface area contributed by atoms with E-state index in [9.17, 15) is 0 Å². The van der Waals surface area contributed by atoms with Crippen molar-refractivity contribution in [2.45, 2.75) is 19.3 Å². The summed E-state index contributed by atoms with van der Waals surface area (Å²) in [4.78, 5) is 0. The fourth-order valence-corrected chi connectivity index (χ4v) is 2.34. The third-order valence-electron chi connectivity index (χ3n) is 3.19. The van der Waals surface area contributed by atoms with Gasteiger partial charge in [0.1, 0.15) is 0 Å². The zero-order valence-corrected chi connectivity index (χ0v) is 8.90. The van der Waals surface area contributed by atoms with Crippen LogP contribution in [0.2, 0.25) is 0 Å². The summed E-state index contributed by atoms with van der Waals surface area (Å²) < 4.78 is 1.99. The second-order valence-electron chi connectivity index (χ2n) is 4.33. The predicted molar refractivity (Wildman–Crippen MR) is 60.2 cm³/mol. The lowest BCUT2D eigenvalue weighted by molar-refractivity contribution is 0.769. The first-order chi connectivity index (χ1) is 7.34. The van der Waals surface area contributed by atoms with Crippen molar-refractivity contribution in [3.63, 3.8) is 0 Å². The number of aromatic nitrogens is 2. The Kier molecular flexibility index (Phi) is 1.99. The lowest BCUT2D eigenvalue weighted by Crippen LogP contribution is -2.07. The number of hydrogen-bond donors (Lipinski definition) is 1. The number of rotatable bonds is 1. The van der Waals surface area contributed by atoms with Gasteiger partial charge < -0.3 is 5.32 Å². The highest BCUT2D eigenvalue weighted by atomic mass is 15.2. The van der Waals surface area contributed by atoms with Gasteiger partial charge in [-0.05, 0) is 31.5 Å². The number of nitrogens with zero attached hydrogens (tertiary/aromatic N) is 2. The molecule has 0 saturated carbocycles. The standard InChI is InChI=1S/C12H15N3/c1-9-2-3-12-11(7-14-15(12)8-9)10-4-5-13-6-10/h2-3,7-8,10,13H,4-6H2,1H3. The van der Waals surface area contributed by atoms with Crippen LogP contribution >= 0.6 is 0 Å². The van der Waals surface area contributed by atoms with E-state index in [4.69, 9.17) is 0 Å². The molecule has 1 unspecified atom stereocenters. The van der Waals surface area contributed by atoms with Crippen LogP contribution in [0, 0.1) is 6.92 Å². The Labute approximate surface area is 89.1 Å². The Morgan fingerprint density at radius 2 is 2.40 bits per heavy atom. The number of aryl methyl sites for hydroxylation is 1. The number of pyridine rings is 1. The molecule has 78 valence electrons. The highest BCUT2D eigenvalue weighted by Gasteiger charge is 2.19. The fraction of sp³-hybridized carbons (Fsp3) is 0.417. The SMILES string of the molecule is Cc1ccc2c(C3CCNC3)cnn2c1. The topological polar surface area (TPSA) is 29.3 Å². The molecule has 2 aromatic heterocycles. The molecule has 0 aromatic carbocycles. The number of hydrogen-bond acceptors (Lipinski definition) is 2. The Bertz CT molecular complexity index is 481. The van der Waals surface area contributed by atoms with Crippen molar-refractivity contribution in [1.82, 2.24) is 14.9 Å². The molecule has 1 fully saturated rings. The van der Waals surface area contributed by atoms with E-state index in [1.54, 1.807) is 0 Å². The van der Waals surface area contributed by atoms with Gasteiger partial charge in [0, 0.05) is 24.2 Å². The summed E-state index contributed by atoms with van der Waals surface area (Å²) in [6.45, 7) is 4.32. The smallest absolute Gasteiger partial charge is 0.0697 e. The van der Waals surface area contributed by atoms with Gasteiger partial charge in [-0.15, -0.1) is 0 Å². The largest absolute Gasteiger partial charge is 0.316 e. The maximum absolute atomic E-state index is 4.41. The van der Waals surface area contributed by atoms with Crippen LogP contribution in [0.5, 0.6) is 0 Å². The molecule has 15 heavy (non-hydrogen) atoms. The van der Waals surface area contributed by atoms with Crippen molar-refractivity contribution in [3.05, 3.63) is 35.7 Å². The first kappa shape index (κ1) is 8.92. The molecule has 3 rings (SSSR count). The van der Waals surface area contributed by atoms with E-state index in [1.165, 1.54) is 23.1 Å². The van der Waals surface area contributed by atoms with Crippen molar-refractivity contribution >= 4 is 5.52 Å². The Balaban J connectivity index is 2.11. The summed E-state index contributed by atoms with van der Waals surface area (Å²) >= 11 is 0. The number of fused-ring (bicyclic) bond motifs is 1. The van der Waals surface area contributed by atoms with E-state index in [2.05, 4.69) is 35.7 Å². The summed E-state index contributed by atoms with van der Waals surface area (Å²) in [5.41, 5.74) is 3.90. The maximum Gasteiger partial charge on any atom is 0.0697 e. The molecule has 3 nitrogen and oxygen atoms in total. The average Bonchev–Trinajstić information content (AvgIpc) is 2.82. The molecular formula is C12H15N3. The van der Waals surface area contributed by atoms with Gasteiger partial charge >= 0.3 is 0 Å². The molecule has 1 saturated heterocycles. The highest BCUT2D eigenvalue weighted by Crippen LogP contribution is 2.26. The van der Waals surface area contributed by atoms with Crippen LogP contribution in [0.1, 0.15) is 23.5 Å². The molecule has 0 amide bonds. The van der Waals surface area contributed by atoms with Gasteiger partial charge in [-0.2, -0.15) is 5.10 Å². The summed E-state index contributed by atoms with van der Waals surface area (Å²) in [5.74, 6) is 0.644. The molecule has 2 aromatic rings. The third kappa shape index (κ3) is 1.43. The minimum absolute atomic E-state index is 0.644. The zero-order valence-electron chi connectivity index (χ0n) is 8.90.